The lowest BCUT2D eigenvalue weighted by molar-refractivity contribution is 0.957. The SMILES string of the molecule is Cc1ccc(Br)cc1CCN. The maximum atomic E-state index is 5.46. The van der Waals surface area contributed by atoms with Crippen molar-refractivity contribution in [1.82, 2.24) is 0 Å². The molecule has 0 amide bonds. The van der Waals surface area contributed by atoms with Crippen LogP contribution < -0.4 is 5.73 Å². The summed E-state index contributed by atoms with van der Waals surface area (Å²) in [5, 5.41) is 0. The van der Waals surface area contributed by atoms with Crippen LogP contribution in [0.4, 0.5) is 0 Å². The molecule has 0 bridgehead atoms. The van der Waals surface area contributed by atoms with Gasteiger partial charge in [-0.1, -0.05) is 22.0 Å². The lowest BCUT2D eigenvalue weighted by Gasteiger charge is -2.03. The Balaban J connectivity index is 2.93. The third kappa shape index (κ3) is 2.31. The van der Waals surface area contributed by atoms with Crippen LogP contribution in [0.25, 0.3) is 0 Å². The van der Waals surface area contributed by atoms with E-state index in [0.717, 1.165) is 17.4 Å². The number of hydrogen-bond donors (Lipinski definition) is 1. The maximum Gasteiger partial charge on any atom is 0.0178 e. The van der Waals surface area contributed by atoms with Gasteiger partial charge in [0.15, 0.2) is 0 Å². The zero-order chi connectivity index (χ0) is 8.27. The van der Waals surface area contributed by atoms with E-state index in [4.69, 9.17) is 5.73 Å². The van der Waals surface area contributed by atoms with Crippen molar-refractivity contribution < 1.29 is 0 Å². The van der Waals surface area contributed by atoms with Gasteiger partial charge in [0.25, 0.3) is 0 Å². The van der Waals surface area contributed by atoms with E-state index in [1.165, 1.54) is 11.1 Å². The Morgan fingerprint density at radius 1 is 1.45 bits per heavy atom. The highest BCUT2D eigenvalue weighted by Crippen LogP contribution is 2.15. The second-order valence-corrected chi connectivity index (χ2v) is 3.53. The van der Waals surface area contributed by atoms with Crippen LogP contribution in [0.3, 0.4) is 0 Å². The summed E-state index contributed by atoms with van der Waals surface area (Å²) >= 11 is 3.43. The first kappa shape index (κ1) is 8.75. The Kier molecular flexibility index (Phi) is 3.09. The molecule has 0 aromatic heterocycles. The van der Waals surface area contributed by atoms with Gasteiger partial charge in [-0.25, -0.2) is 0 Å². The van der Waals surface area contributed by atoms with Gasteiger partial charge >= 0.3 is 0 Å². The Hall–Kier alpha value is -0.340. The monoisotopic (exact) mass is 213 g/mol. The molecule has 0 radical (unpaired) electrons. The summed E-state index contributed by atoms with van der Waals surface area (Å²) in [6, 6.07) is 6.28. The first-order valence-electron chi connectivity index (χ1n) is 3.69. The van der Waals surface area contributed by atoms with Crippen molar-refractivity contribution in [2.45, 2.75) is 13.3 Å². The first-order chi connectivity index (χ1) is 5.24. The van der Waals surface area contributed by atoms with Crippen LogP contribution in [0.5, 0.6) is 0 Å². The van der Waals surface area contributed by atoms with Crippen molar-refractivity contribution in [3.8, 4) is 0 Å². The molecule has 1 nitrogen and oxygen atoms in total. The predicted octanol–water partition coefficient (Wildman–Crippen LogP) is 2.26. The van der Waals surface area contributed by atoms with Crippen LogP contribution >= 0.6 is 15.9 Å². The lowest BCUT2D eigenvalue weighted by Crippen LogP contribution is -2.03. The minimum Gasteiger partial charge on any atom is -0.330 e. The number of nitrogens with two attached hydrogens (primary N) is 1. The van der Waals surface area contributed by atoms with Gasteiger partial charge in [0.2, 0.25) is 0 Å². The topological polar surface area (TPSA) is 26.0 Å². The molecule has 11 heavy (non-hydrogen) atoms. The number of halogens is 1. The first-order valence-corrected chi connectivity index (χ1v) is 4.48. The zero-order valence-electron chi connectivity index (χ0n) is 6.60. The molecule has 1 aromatic rings. The van der Waals surface area contributed by atoms with E-state index in [2.05, 4.69) is 41.1 Å². The van der Waals surface area contributed by atoms with Crippen LogP contribution in [0.2, 0.25) is 0 Å². The summed E-state index contributed by atoms with van der Waals surface area (Å²) in [6.07, 6.45) is 0.964. The molecular weight excluding hydrogens is 202 g/mol. The number of aryl methyl sites for hydroxylation is 1. The molecule has 0 saturated carbocycles. The Morgan fingerprint density at radius 2 is 2.18 bits per heavy atom. The van der Waals surface area contributed by atoms with Crippen LogP contribution in [-0.2, 0) is 6.42 Å². The molecule has 0 aliphatic carbocycles. The third-order valence-corrected chi connectivity index (χ3v) is 2.22. The molecular formula is C9H12BrN. The highest BCUT2D eigenvalue weighted by atomic mass is 79.9. The van der Waals surface area contributed by atoms with Gasteiger partial charge < -0.3 is 5.73 Å². The minimum atomic E-state index is 0.720. The largest absolute Gasteiger partial charge is 0.330 e. The standard InChI is InChI=1S/C9H12BrN/c1-7-2-3-9(10)6-8(7)4-5-11/h2-3,6H,4-5,11H2,1H3. The van der Waals surface area contributed by atoms with Crippen molar-refractivity contribution in [2.24, 2.45) is 5.73 Å². The van der Waals surface area contributed by atoms with Crippen LogP contribution in [0.1, 0.15) is 11.1 Å². The normalized spacial score (nSPS) is 10.1. The summed E-state index contributed by atoms with van der Waals surface area (Å²) in [5.74, 6) is 0. The second-order valence-electron chi connectivity index (χ2n) is 2.61. The molecule has 0 heterocycles. The van der Waals surface area contributed by atoms with E-state index < -0.39 is 0 Å². The number of hydrogen-bond acceptors (Lipinski definition) is 1. The molecule has 0 unspecified atom stereocenters. The number of rotatable bonds is 2. The molecule has 1 aromatic carbocycles. The summed E-state index contributed by atoms with van der Waals surface area (Å²) in [5.41, 5.74) is 8.12. The molecule has 0 aliphatic heterocycles. The van der Waals surface area contributed by atoms with Gasteiger partial charge in [-0.05, 0) is 43.1 Å². The maximum absolute atomic E-state index is 5.46. The summed E-state index contributed by atoms with van der Waals surface area (Å²) in [6.45, 7) is 2.83. The van der Waals surface area contributed by atoms with E-state index in [1.807, 2.05) is 0 Å². The van der Waals surface area contributed by atoms with Gasteiger partial charge in [-0.3, -0.25) is 0 Å². The van der Waals surface area contributed by atoms with Crippen molar-refractivity contribution in [2.75, 3.05) is 6.54 Å². The smallest absolute Gasteiger partial charge is 0.0178 e. The fourth-order valence-electron chi connectivity index (χ4n) is 1.06. The average Bonchev–Trinajstić information content (AvgIpc) is 1.98. The van der Waals surface area contributed by atoms with E-state index in [9.17, 15) is 0 Å². The molecule has 0 atom stereocenters. The molecule has 0 aliphatic rings. The van der Waals surface area contributed by atoms with E-state index >= 15 is 0 Å². The van der Waals surface area contributed by atoms with Gasteiger partial charge in [-0.15, -0.1) is 0 Å². The molecule has 0 fully saturated rings. The molecule has 0 saturated heterocycles. The van der Waals surface area contributed by atoms with Gasteiger partial charge in [0.1, 0.15) is 0 Å². The zero-order valence-corrected chi connectivity index (χ0v) is 8.19. The quantitative estimate of drug-likeness (QED) is 0.802. The van der Waals surface area contributed by atoms with Crippen LogP contribution in [0, 0.1) is 6.92 Å². The van der Waals surface area contributed by atoms with Gasteiger partial charge in [0.05, 0.1) is 0 Å². The Bertz CT molecular complexity index is 245. The van der Waals surface area contributed by atoms with Gasteiger partial charge in [-0.2, -0.15) is 0 Å². The van der Waals surface area contributed by atoms with Gasteiger partial charge in [0, 0.05) is 4.47 Å². The van der Waals surface area contributed by atoms with Crippen molar-refractivity contribution in [3.63, 3.8) is 0 Å². The highest BCUT2D eigenvalue weighted by molar-refractivity contribution is 9.10. The van der Waals surface area contributed by atoms with Crippen molar-refractivity contribution >= 4 is 15.9 Å². The summed E-state index contributed by atoms with van der Waals surface area (Å²) in [7, 11) is 0. The van der Waals surface area contributed by atoms with Crippen LogP contribution in [0.15, 0.2) is 22.7 Å². The van der Waals surface area contributed by atoms with Crippen LogP contribution in [-0.4, -0.2) is 6.54 Å². The summed E-state index contributed by atoms with van der Waals surface area (Å²) in [4.78, 5) is 0. The summed E-state index contributed by atoms with van der Waals surface area (Å²) < 4.78 is 1.13. The van der Waals surface area contributed by atoms with Crippen molar-refractivity contribution in [3.05, 3.63) is 33.8 Å². The average molecular weight is 214 g/mol. The van der Waals surface area contributed by atoms with Crippen molar-refractivity contribution in [1.29, 1.82) is 0 Å². The molecule has 60 valence electrons. The van der Waals surface area contributed by atoms with E-state index in [-0.39, 0.29) is 0 Å². The molecule has 2 N–H and O–H groups in total. The molecule has 0 spiro atoms. The minimum absolute atomic E-state index is 0.720. The second kappa shape index (κ2) is 3.88. The van der Waals surface area contributed by atoms with E-state index in [1.54, 1.807) is 0 Å². The third-order valence-electron chi connectivity index (χ3n) is 1.72. The molecule has 2 heteroatoms. The Morgan fingerprint density at radius 3 is 2.82 bits per heavy atom. The fourth-order valence-corrected chi connectivity index (χ4v) is 1.47. The highest BCUT2D eigenvalue weighted by Gasteiger charge is 1.96. The number of benzene rings is 1. The predicted molar refractivity (Wildman–Crippen MR) is 51.6 cm³/mol. The fraction of sp³-hybridized carbons (Fsp3) is 0.333. The lowest BCUT2D eigenvalue weighted by atomic mass is 10.1. The van der Waals surface area contributed by atoms with E-state index in [0.29, 0.717) is 0 Å². The molecule has 1 rings (SSSR count). The Labute approximate surface area is 75.7 Å².